The van der Waals surface area contributed by atoms with Gasteiger partial charge in [0.05, 0.1) is 0 Å². The first-order valence-electron chi connectivity index (χ1n) is 5.59. The van der Waals surface area contributed by atoms with E-state index in [0.29, 0.717) is 0 Å². The first-order valence-corrected chi connectivity index (χ1v) is 5.59. The van der Waals surface area contributed by atoms with E-state index >= 15 is 0 Å². The zero-order valence-corrected chi connectivity index (χ0v) is 10.2. The zero-order chi connectivity index (χ0) is 11.3. The first-order chi connectivity index (χ1) is 7.22. The number of rotatable bonds is 5. The molecular weight excluding hydrogens is 186 g/mol. The lowest BCUT2D eigenvalue weighted by Gasteiger charge is -2.20. The summed E-state index contributed by atoms with van der Waals surface area (Å²) in [5.41, 5.74) is 2.39. The third-order valence-electron chi connectivity index (χ3n) is 2.64. The molecule has 1 aromatic rings. The molecule has 0 saturated carbocycles. The minimum atomic E-state index is 0.886. The van der Waals surface area contributed by atoms with Crippen LogP contribution in [-0.2, 0) is 6.54 Å². The summed E-state index contributed by atoms with van der Waals surface area (Å²) in [5.74, 6) is 1.08. The fraction of sp³-hybridized carbons (Fsp3) is 0.583. The largest absolute Gasteiger partial charge is 0.357 e. The lowest BCUT2D eigenvalue weighted by molar-refractivity contribution is 0.795. The molecule has 0 saturated heterocycles. The molecule has 0 fully saturated rings. The smallest absolute Gasteiger partial charge is 0.128 e. The van der Waals surface area contributed by atoms with Crippen LogP contribution in [0.25, 0.3) is 0 Å². The molecule has 1 N–H and O–H groups in total. The second-order valence-electron chi connectivity index (χ2n) is 3.62. The van der Waals surface area contributed by atoms with E-state index < -0.39 is 0 Å². The van der Waals surface area contributed by atoms with Crippen molar-refractivity contribution in [2.45, 2.75) is 27.3 Å². The predicted molar refractivity (Wildman–Crippen MR) is 65.3 cm³/mol. The van der Waals surface area contributed by atoms with E-state index in [1.54, 1.807) is 0 Å². The van der Waals surface area contributed by atoms with E-state index in [-0.39, 0.29) is 0 Å². The van der Waals surface area contributed by atoms with Crippen LogP contribution in [0.15, 0.2) is 12.1 Å². The maximum Gasteiger partial charge on any atom is 0.128 e. The average molecular weight is 207 g/mol. The molecule has 1 aromatic heterocycles. The van der Waals surface area contributed by atoms with Gasteiger partial charge in [-0.1, -0.05) is 6.07 Å². The molecule has 0 aliphatic rings. The van der Waals surface area contributed by atoms with Gasteiger partial charge in [0.2, 0.25) is 0 Å². The van der Waals surface area contributed by atoms with Crippen LogP contribution in [0.2, 0.25) is 0 Å². The molecule has 0 atom stereocenters. The van der Waals surface area contributed by atoms with Gasteiger partial charge in [-0.25, -0.2) is 4.98 Å². The van der Waals surface area contributed by atoms with Gasteiger partial charge in [-0.2, -0.15) is 0 Å². The summed E-state index contributed by atoms with van der Waals surface area (Å²) >= 11 is 0. The molecule has 0 bridgehead atoms. The second kappa shape index (κ2) is 5.71. The van der Waals surface area contributed by atoms with Crippen molar-refractivity contribution in [3.8, 4) is 0 Å². The fourth-order valence-electron chi connectivity index (χ4n) is 1.68. The van der Waals surface area contributed by atoms with Gasteiger partial charge in [0.15, 0.2) is 0 Å². The van der Waals surface area contributed by atoms with E-state index in [4.69, 9.17) is 0 Å². The van der Waals surface area contributed by atoms with Gasteiger partial charge in [0, 0.05) is 25.3 Å². The summed E-state index contributed by atoms with van der Waals surface area (Å²) in [6.07, 6.45) is 0. The lowest BCUT2D eigenvalue weighted by atomic mass is 10.2. The number of nitrogens with zero attached hydrogens (tertiary/aromatic N) is 2. The number of pyridine rings is 1. The highest BCUT2D eigenvalue weighted by Gasteiger charge is 2.05. The van der Waals surface area contributed by atoms with E-state index in [1.165, 1.54) is 5.56 Å². The number of hydrogen-bond acceptors (Lipinski definition) is 3. The third kappa shape index (κ3) is 2.93. The number of aromatic nitrogens is 1. The Balaban J connectivity index is 2.89. The van der Waals surface area contributed by atoms with E-state index in [1.807, 2.05) is 7.05 Å². The second-order valence-corrected chi connectivity index (χ2v) is 3.62. The molecule has 15 heavy (non-hydrogen) atoms. The topological polar surface area (TPSA) is 28.2 Å². The molecule has 0 radical (unpaired) electrons. The van der Waals surface area contributed by atoms with Gasteiger partial charge in [-0.15, -0.1) is 0 Å². The standard InChI is InChI=1S/C12H21N3/c1-5-15(6-2)12-8-7-11(9-13-4)10(3)14-12/h7-8,13H,5-6,9H2,1-4H3. The van der Waals surface area contributed by atoms with Gasteiger partial charge in [0.25, 0.3) is 0 Å². The quantitative estimate of drug-likeness (QED) is 0.800. The van der Waals surface area contributed by atoms with E-state index in [0.717, 1.165) is 31.1 Å². The number of nitrogens with one attached hydrogen (secondary N) is 1. The van der Waals surface area contributed by atoms with Crippen molar-refractivity contribution in [2.24, 2.45) is 0 Å². The Morgan fingerprint density at radius 1 is 1.27 bits per heavy atom. The molecule has 3 nitrogen and oxygen atoms in total. The summed E-state index contributed by atoms with van der Waals surface area (Å²) in [4.78, 5) is 6.88. The monoisotopic (exact) mass is 207 g/mol. The molecule has 0 amide bonds. The first kappa shape index (κ1) is 12.0. The molecule has 0 spiro atoms. The van der Waals surface area contributed by atoms with Gasteiger partial charge in [-0.05, 0) is 39.4 Å². The summed E-state index contributed by atoms with van der Waals surface area (Å²) in [7, 11) is 1.96. The van der Waals surface area contributed by atoms with E-state index in [2.05, 4.69) is 48.1 Å². The zero-order valence-electron chi connectivity index (χ0n) is 10.2. The van der Waals surface area contributed by atoms with Crippen molar-refractivity contribution >= 4 is 5.82 Å². The molecule has 0 aliphatic carbocycles. The van der Waals surface area contributed by atoms with Gasteiger partial charge >= 0.3 is 0 Å². The maximum absolute atomic E-state index is 4.62. The fourth-order valence-corrected chi connectivity index (χ4v) is 1.68. The lowest BCUT2D eigenvalue weighted by Crippen LogP contribution is -2.23. The molecule has 84 valence electrons. The molecule has 0 aromatic carbocycles. The van der Waals surface area contributed by atoms with Gasteiger partial charge in [0.1, 0.15) is 5.82 Å². The molecule has 1 rings (SSSR count). The van der Waals surface area contributed by atoms with Crippen molar-refractivity contribution in [3.63, 3.8) is 0 Å². The van der Waals surface area contributed by atoms with Crippen molar-refractivity contribution in [2.75, 3.05) is 25.0 Å². The highest BCUT2D eigenvalue weighted by atomic mass is 15.2. The van der Waals surface area contributed by atoms with Crippen LogP contribution in [0.4, 0.5) is 5.82 Å². The Morgan fingerprint density at radius 3 is 2.40 bits per heavy atom. The Bertz CT molecular complexity index is 306. The van der Waals surface area contributed by atoms with Crippen LogP contribution in [0.5, 0.6) is 0 Å². The molecule has 0 aliphatic heterocycles. The third-order valence-corrected chi connectivity index (χ3v) is 2.64. The minimum Gasteiger partial charge on any atom is -0.357 e. The van der Waals surface area contributed by atoms with Gasteiger partial charge < -0.3 is 10.2 Å². The number of anilines is 1. The van der Waals surface area contributed by atoms with Crippen molar-refractivity contribution in [1.29, 1.82) is 0 Å². The van der Waals surface area contributed by atoms with Crippen LogP contribution in [0, 0.1) is 6.92 Å². The highest BCUT2D eigenvalue weighted by Crippen LogP contribution is 2.14. The minimum absolute atomic E-state index is 0.886. The predicted octanol–water partition coefficient (Wildman–Crippen LogP) is 1.96. The molecule has 0 unspecified atom stereocenters. The Kier molecular flexibility index (Phi) is 4.56. The van der Waals surface area contributed by atoms with Crippen molar-refractivity contribution in [1.82, 2.24) is 10.3 Å². The van der Waals surface area contributed by atoms with Crippen LogP contribution in [0.1, 0.15) is 25.1 Å². The van der Waals surface area contributed by atoms with Gasteiger partial charge in [-0.3, -0.25) is 0 Å². The molecule has 1 heterocycles. The number of hydrogen-bond donors (Lipinski definition) is 1. The maximum atomic E-state index is 4.62. The van der Waals surface area contributed by atoms with Crippen molar-refractivity contribution < 1.29 is 0 Å². The SMILES string of the molecule is CCN(CC)c1ccc(CNC)c(C)n1. The molecular formula is C12H21N3. The molecule has 3 heteroatoms. The summed E-state index contributed by atoms with van der Waals surface area (Å²) < 4.78 is 0. The highest BCUT2D eigenvalue weighted by molar-refractivity contribution is 5.41. The normalized spacial score (nSPS) is 10.4. The Hall–Kier alpha value is -1.09. The average Bonchev–Trinajstić information content (AvgIpc) is 2.24. The summed E-state index contributed by atoms with van der Waals surface area (Å²) in [6, 6.07) is 4.26. The van der Waals surface area contributed by atoms with E-state index in [9.17, 15) is 0 Å². The van der Waals surface area contributed by atoms with Crippen LogP contribution in [-0.4, -0.2) is 25.1 Å². The van der Waals surface area contributed by atoms with Crippen LogP contribution in [0.3, 0.4) is 0 Å². The van der Waals surface area contributed by atoms with Crippen LogP contribution < -0.4 is 10.2 Å². The Morgan fingerprint density at radius 2 is 1.93 bits per heavy atom. The van der Waals surface area contributed by atoms with Crippen molar-refractivity contribution in [3.05, 3.63) is 23.4 Å². The summed E-state index contributed by atoms with van der Waals surface area (Å²) in [5, 5.41) is 3.15. The van der Waals surface area contributed by atoms with Crippen LogP contribution >= 0.6 is 0 Å². The summed E-state index contributed by atoms with van der Waals surface area (Å²) in [6.45, 7) is 9.28. The number of aryl methyl sites for hydroxylation is 1. The Labute approximate surface area is 92.5 Å².